The lowest BCUT2D eigenvalue weighted by Crippen LogP contribution is -2.17. The van der Waals surface area contributed by atoms with Crippen molar-refractivity contribution in [2.45, 2.75) is 33.1 Å². The molecule has 0 spiro atoms. The zero-order valence-electron chi connectivity index (χ0n) is 15.4. The van der Waals surface area contributed by atoms with E-state index in [2.05, 4.69) is 77.7 Å². The van der Waals surface area contributed by atoms with Gasteiger partial charge in [0.25, 0.3) is 0 Å². The van der Waals surface area contributed by atoms with Gasteiger partial charge in [-0.1, -0.05) is 26.0 Å². The Balaban J connectivity index is 1.99. The SMILES string of the molecule is Cc1cc(Nc2ccc(C(C)C)cc2)nc(NCCCN(C)C)n1. The summed E-state index contributed by atoms with van der Waals surface area (Å²) in [6.45, 7) is 8.30. The standard InChI is InChI=1S/C19H29N5/c1-14(2)16-7-9-17(10-8-16)22-18-13-15(3)21-19(23-18)20-11-6-12-24(4)5/h7-10,13-14H,6,11-12H2,1-5H3,(H2,20,21,22,23). The van der Waals surface area contributed by atoms with Gasteiger partial charge in [-0.2, -0.15) is 4.98 Å². The van der Waals surface area contributed by atoms with E-state index in [4.69, 9.17) is 0 Å². The van der Waals surface area contributed by atoms with Crippen LogP contribution in [0.5, 0.6) is 0 Å². The maximum absolute atomic E-state index is 4.56. The Bertz CT molecular complexity index is 635. The summed E-state index contributed by atoms with van der Waals surface area (Å²) in [5.41, 5.74) is 3.32. The van der Waals surface area contributed by atoms with E-state index in [9.17, 15) is 0 Å². The van der Waals surface area contributed by atoms with Crippen LogP contribution in [0.25, 0.3) is 0 Å². The number of anilines is 3. The molecule has 2 rings (SSSR count). The van der Waals surface area contributed by atoms with Gasteiger partial charge in [0.1, 0.15) is 5.82 Å². The van der Waals surface area contributed by atoms with Crippen LogP contribution < -0.4 is 10.6 Å². The Morgan fingerprint density at radius 1 is 1.08 bits per heavy atom. The van der Waals surface area contributed by atoms with Gasteiger partial charge >= 0.3 is 0 Å². The lowest BCUT2D eigenvalue weighted by Gasteiger charge is -2.12. The van der Waals surface area contributed by atoms with E-state index in [0.717, 1.165) is 36.7 Å². The Morgan fingerprint density at radius 3 is 2.42 bits per heavy atom. The molecule has 0 aliphatic heterocycles. The first kappa shape index (κ1) is 18.2. The minimum Gasteiger partial charge on any atom is -0.354 e. The maximum atomic E-state index is 4.56. The first-order valence-corrected chi connectivity index (χ1v) is 8.55. The molecule has 2 aromatic rings. The van der Waals surface area contributed by atoms with E-state index in [0.29, 0.717) is 11.9 Å². The number of hydrogen-bond donors (Lipinski definition) is 2. The van der Waals surface area contributed by atoms with Crippen molar-refractivity contribution in [3.63, 3.8) is 0 Å². The average Bonchev–Trinajstić information content (AvgIpc) is 2.51. The van der Waals surface area contributed by atoms with E-state index < -0.39 is 0 Å². The van der Waals surface area contributed by atoms with Crippen LogP contribution in [0.2, 0.25) is 0 Å². The molecule has 0 saturated carbocycles. The van der Waals surface area contributed by atoms with Crippen molar-refractivity contribution >= 4 is 17.5 Å². The molecule has 0 aliphatic carbocycles. The summed E-state index contributed by atoms with van der Waals surface area (Å²) in [5.74, 6) is 2.03. The fourth-order valence-electron chi connectivity index (χ4n) is 2.41. The summed E-state index contributed by atoms with van der Waals surface area (Å²) in [5, 5.41) is 6.66. The third-order valence-corrected chi connectivity index (χ3v) is 3.77. The molecule has 0 radical (unpaired) electrons. The number of benzene rings is 1. The molecular weight excluding hydrogens is 298 g/mol. The third kappa shape index (κ3) is 5.81. The summed E-state index contributed by atoms with van der Waals surface area (Å²) in [4.78, 5) is 11.2. The van der Waals surface area contributed by atoms with Gasteiger partial charge in [0.05, 0.1) is 0 Å². The molecule has 24 heavy (non-hydrogen) atoms. The molecule has 5 heteroatoms. The van der Waals surface area contributed by atoms with E-state index in [-0.39, 0.29) is 0 Å². The molecule has 0 unspecified atom stereocenters. The van der Waals surface area contributed by atoms with Crippen LogP contribution in [0.15, 0.2) is 30.3 Å². The van der Waals surface area contributed by atoms with Gasteiger partial charge in [0, 0.05) is 24.0 Å². The summed E-state index contributed by atoms with van der Waals surface area (Å²) < 4.78 is 0. The Labute approximate surface area is 145 Å². The minimum atomic E-state index is 0.540. The monoisotopic (exact) mass is 327 g/mol. The molecule has 1 aromatic carbocycles. The third-order valence-electron chi connectivity index (χ3n) is 3.77. The van der Waals surface area contributed by atoms with Crippen LogP contribution in [-0.4, -0.2) is 42.1 Å². The maximum Gasteiger partial charge on any atom is 0.224 e. The first-order valence-electron chi connectivity index (χ1n) is 8.55. The van der Waals surface area contributed by atoms with E-state index in [1.165, 1.54) is 5.56 Å². The summed E-state index contributed by atoms with van der Waals surface area (Å²) in [6.07, 6.45) is 1.06. The fraction of sp³-hybridized carbons (Fsp3) is 0.474. The molecule has 1 heterocycles. The van der Waals surface area contributed by atoms with E-state index >= 15 is 0 Å². The van der Waals surface area contributed by atoms with Crippen molar-refractivity contribution < 1.29 is 0 Å². The van der Waals surface area contributed by atoms with Gasteiger partial charge < -0.3 is 15.5 Å². The van der Waals surface area contributed by atoms with Crippen LogP contribution in [-0.2, 0) is 0 Å². The topological polar surface area (TPSA) is 53.1 Å². The Kier molecular flexibility index (Phi) is 6.55. The normalized spacial score (nSPS) is 11.1. The smallest absolute Gasteiger partial charge is 0.224 e. The Morgan fingerprint density at radius 2 is 1.79 bits per heavy atom. The van der Waals surface area contributed by atoms with Crippen molar-refractivity contribution in [1.29, 1.82) is 0 Å². The number of hydrogen-bond acceptors (Lipinski definition) is 5. The van der Waals surface area contributed by atoms with Crippen molar-refractivity contribution in [3.05, 3.63) is 41.6 Å². The molecule has 0 amide bonds. The predicted molar refractivity (Wildman–Crippen MR) is 102 cm³/mol. The number of nitrogens with zero attached hydrogens (tertiary/aromatic N) is 3. The summed E-state index contributed by atoms with van der Waals surface area (Å²) in [7, 11) is 4.16. The molecule has 2 N–H and O–H groups in total. The highest BCUT2D eigenvalue weighted by Crippen LogP contribution is 2.20. The van der Waals surface area contributed by atoms with Gasteiger partial charge in [-0.15, -0.1) is 0 Å². The van der Waals surface area contributed by atoms with Crippen LogP contribution in [0.3, 0.4) is 0 Å². The van der Waals surface area contributed by atoms with Gasteiger partial charge in [-0.25, -0.2) is 4.98 Å². The Hall–Kier alpha value is -2.14. The van der Waals surface area contributed by atoms with Crippen LogP contribution >= 0.6 is 0 Å². The second-order valence-corrected chi connectivity index (χ2v) is 6.70. The second-order valence-electron chi connectivity index (χ2n) is 6.70. The largest absolute Gasteiger partial charge is 0.354 e. The van der Waals surface area contributed by atoms with Gasteiger partial charge in [0.2, 0.25) is 5.95 Å². The van der Waals surface area contributed by atoms with Crippen molar-refractivity contribution in [1.82, 2.24) is 14.9 Å². The minimum absolute atomic E-state index is 0.540. The van der Waals surface area contributed by atoms with E-state index in [1.54, 1.807) is 0 Å². The highest BCUT2D eigenvalue weighted by Gasteiger charge is 2.04. The van der Waals surface area contributed by atoms with Crippen LogP contribution in [0, 0.1) is 6.92 Å². The highest BCUT2D eigenvalue weighted by atomic mass is 15.1. The first-order chi connectivity index (χ1) is 11.4. The molecule has 0 bridgehead atoms. The van der Waals surface area contributed by atoms with Crippen molar-refractivity contribution in [2.75, 3.05) is 37.8 Å². The lowest BCUT2D eigenvalue weighted by atomic mass is 10.0. The zero-order chi connectivity index (χ0) is 17.5. The number of aromatic nitrogens is 2. The van der Waals surface area contributed by atoms with Crippen LogP contribution in [0.1, 0.15) is 37.4 Å². The molecule has 0 fully saturated rings. The highest BCUT2D eigenvalue weighted by molar-refractivity contribution is 5.58. The molecule has 0 atom stereocenters. The van der Waals surface area contributed by atoms with Gasteiger partial charge in [-0.3, -0.25) is 0 Å². The quantitative estimate of drug-likeness (QED) is 0.717. The predicted octanol–water partition coefficient (Wildman–Crippen LogP) is 4.02. The number of nitrogens with one attached hydrogen (secondary N) is 2. The molecule has 0 saturated heterocycles. The molecule has 0 aliphatic rings. The molecule has 130 valence electrons. The van der Waals surface area contributed by atoms with Gasteiger partial charge in [0.15, 0.2) is 0 Å². The summed E-state index contributed by atoms with van der Waals surface area (Å²) in [6, 6.07) is 10.5. The van der Waals surface area contributed by atoms with Crippen molar-refractivity contribution in [2.24, 2.45) is 0 Å². The van der Waals surface area contributed by atoms with E-state index in [1.807, 2.05) is 13.0 Å². The second kappa shape index (κ2) is 8.64. The van der Waals surface area contributed by atoms with Crippen LogP contribution in [0.4, 0.5) is 17.5 Å². The molecule has 1 aromatic heterocycles. The van der Waals surface area contributed by atoms with Crippen molar-refractivity contribution in [3.8, 4) is 0 Å². The fourth-order valence-corrected chi connectivity index (χ4v) is 2.41. The number of rotatable bonds is 8. The zero-order valence-corrected chi connectivity index (χ0v) is 15.4. The van der Waals surface area contributed by atoms with Gasteiger partial charge in [-0.05, 0) is 57.6 Å². The lowest BCUT2D eigenvalue weighted by molar-refractivity contribution is 0.405. The molecule has 5 nitrogen and oxygen atoms in total. The summed E-state index contributed by atoms with van der Waals surface area (Å²) >= 11 is 0. The number of aryl methyl sites for hydroxylation is 1. The molecular formula is C19H29N5. The average molecular weight is 327 g/mol.